The normalized spacial score (nSPS) is 11.9. The third-order valence-electron chi connectivity index (χ3n) is 17.9. The third kappa shape index (κ3) is 8.30. The molecule has 14 aromatic carbocycles. The van der Waals surface area contributed by atoms with E-state index < -0.39 is 0 Å². The molecule has 0 amide bonds. The fourth-order valence-corrected chi connectivity index (χ4v) is 13.6. The molecule has 0 radical (unpaired) electrons. The molecule has 410 valence electrons. The molecule has 0 atom stereocenters. The Morgan fingerprint density at radius 1 is 0.148 bits per heavy atom. The molecule has 4 heterocycles. The summed E-state index contributed by atoms with van der Waals surface area (Å²) in [5.41, 5.74) is 27.3. The molecule has 0 fully saturated rings. The van der Waals surface area contributed by atoms with Gasteiger partial charge in [0.15, 0.2) is 0 Å². The van der Waals surface area contributed by atoms with Gasteiger partial charge < -0.3 is 17.7 Å². The topological polar surface area (TPSA) is 52.6 Å². The number of fused-ring (bicyclic) bond motifs is 12. The molecule has 4 nitrogen and oxygen atoms in total. The second kappa shape index (κ2) is 20.0. The van der Waals surface area contributed by atoms with E-state index in [1.54, 1.807) is 0 Å². The first-order valence-electron chi connectivity index (χ1n) is 29.9. The van der Waals surface area contributed by atoms with Crippen molar-refractivity contribution in [2.24, 2.45) is 0 Å². The Labute approximate surface area is 506 Å². The lowest BCUT2D eigenvalue weighted by atomic mass is 9.84. The molecule has 0 aliphatic rings. The Balaban J connectivity index is 0.723. The maximum Gasteiger partial charge on any atom is 0.136 e. The van der Waals surface area contributed by atoms with Crippen LogP contribution in [0.5, 0.6) is 0 Å². The highest BCUT2D eigenvalue weighted by Gasteiger charge is 2.24. The first kappa shape index (κ1) is 49.7. The number of rotatable bonds is 9. The van der Waals surface area contributed by atoms with Crippen LogP contribution in [0.4, 0.5) is 0 Å². The molecule has 0 saturated heterocycles. The van der Waals surface area contributed by atoms with Crippen LogP contribution in [0, 0.1) is 0 Å². The highest BCUT2D eigenvalue weighted by atomic mass is 16.3. The van der Waals surface area contributed by atoms with Gasteiger partial charge >= 0.3 is 0 Å². The van der Waals surface area contributed by atoms with E-state index in [4.69, 9.17) is 17.7 Å². The Kier molecular flexibility index (Phi) is 11.3. The summed E-state index contributed by atoms with van der Waals surface area (Å²) in [4.78, 5) is 0. The van der Waals surface area contributed by atoms with E-state index in [9.17, 15) is 0 Å². The van der Waals surface area contributed by atoms with Crippen LogP contribution in [0.3, 0.4) is 0 Å². The second-order valence-corrected chi connectivity index (χ2v) is 23.1. The molecule has 0 bridgehead atoms. The van der Waals surface area contributed by atoms with E-state index in [1.165, 1.54) is 22.3 Å². The average Bonchev–Trinajstić information content (AvgIpc) is 1.58. The Morgan fingerprint density at radius 2 is 0.432 bits per heavy atom. The molecular formula is C84H50O4. The molecule has 18 aromatic rings. The van der Waals surface area contributed by atoms with Crippen molar-refractivity contribution in [1.29, 1.82) is 0 Å². The van der Waals surface area contributed by atoms with Gasteiger partial charge in [-0.3, -0.25) is 0 Å². The minimum absolute atomic E-state index is 0.841. The first-order chi connectivity index (χ1) is 43.5. The molecule has 0 saturated carbocycles. The quantitative estimate of drug-likeness (QED) is 0.145. The van der Waals surface area contributed by atoms with Crippen molar-refractivity contribution in [2.45, 2.75) is 0 Å². The Morgan fingerprint density at radius 3 is 0.898 bits per heavy atom. The number of benzene rings is 14. The predicted octanol–water partition coefficient (Wildman–Crippen LogP) is 24.3. The molecule has 0 N–H and O–H groups in total. The molecule has 4 aromatic heterocycles. The lowest BCUT2D eigenvalue weighted by Gasteiger charge is -2.18. The smallest absolute Gasteiger partial charge is 0.136 e. The van der Waals surface area contributed by atoms with Crippen LogP contribution < -0.4 is 0 Å². The minimum Gasteiger partial charge on any atom is -0.456 e. The zero-order valence-corrected chi connectivity index (χ0v) is 47.5. The zero-order chi connectivity index (χ0) is 57.8. The minimum atomic E-state index is 0.841. The highest BCUT2D eigenvalue weighted by molar-refractivity contribution is 6.20. The van der Waals surface area contributed by atoms with Gasteiger partial charge in [-0.1, -0.05) is 200 Å². The van der Waals surface area contributed by atoms with E-state index >= 15 is 0 Å². The zero-order valence-electron chi connectivity index (χ0n) is 47.5. The van der Waals surface area contributed by atoms with E-state index in [0.29, 0.717) is 0 Å². The summed E-state index contributed by atoms with van der Waals surface area (Å²) in [5.74, 6) is 0. The SMILES string of the molecule is c1ccc(-c2cc(-c3ccccc3)cc(-c3ccc4oc5ccc(-c6ccc7oc8ccc(-c9ccc(-c%10c(-c%11ccccc%11)cc%11oc%12ccc(-c%13ccc%14oc%15ccccc%15c%14c%13)cc%12c%11c%10-c%10ccccc%10)cc9)cc8c7c6)cc5c4c3)c2)cc1. The van der Waals surface area contributed by atoms with Crippen LogP contribution in [0.1, 0.15) is 0 Å². The number of para-hydroxylation sites is 1. The number of furan rings is 4. The Hall–Kier alpha value is -11.7. The van der Waals surface area contributed by atoms with E-state index in [0.717, 1.165) is 166 Å². The van der Waals surface area contributed by atoms with Crippen molar-refractivity contribution in [3.8, 4) is 100 Å². The predicted molar refractivity (Wildman–Crippen MR) is 364 cm³/mol. The van der Waals surface area contributed by atoms with Crippen molar-refractivity contribution in [1.82, 2.24) is 0 Å². The second-order valence-electron chi connectivity index (χ2n) is 23.1. The van der Waals surface area contributed by atoms with Gasteiger partial charge in [-0.05, 0) is 198 Å². The summed E-state index contributed by atoms with van der Waals surface area (Å²) in [6.45, 7) is 0. The summed E-state index contributed by atoms with van der Waals surface area (Å²) < 4.78 is 26.2. The largest absolute Gasteiger partial charge is 0.456 e. The van der Waals surface area contributed by atoms with Crippen molar-refractivity contribution in [3.05, 3.63) is 303 Å². The fraction of sp³-hybridized carbons (Fsp3) is 0. The van der Waals surface area contributed by atoms with Crippen LogP contribution in [0.15, 0.2) is 321 Å². The van der Waals surface area contributed by atoms with Crippen molar-refractivity contribution < 1.29 is 17.7 Å². The van der Waals surface area contributed by atoms with Gasteiger partial charge in [-0.2, -0.15) is 0 Å². The summed E-state index contributed by atoms with van der Waals surface area (Å²) in [7, 11) is 0. The van der Waals surface area contributed by atoms with Crippen molar-refractivity contribution >= 4 is 87.8 Å². The molecule has 18 rings (SSSR count). The van der Waals surface area contributed by atoms with Gasteiger partial charge in [0.1, 0.15) is 44.7 Å². The highest BCUT2D eigenvalue weighted by Crippen LogP contribution is 2.50. The lowest BCUT2D eigenvalue weighted by Crippen LogP contribution is -1.92. The Bertz CT molecular complexity index is 5710. The maximum absolute atomic E-state index is 6.89. The monoisotopic (exact) mass is 1120 g/mol. The molecular weight excluding hydrogens is 1070 g/mol. The lowest BCUT2D eigenvalue weighted by molar-refractivity contribution is 0.668. The molecule has 0 aliphatic heterocycles. The van der Waals surface area contributed by atoms with Crippen LogP contribution in [-0.2, 0) is 0 Å². The number of hydrogen-bond acceptors (Lipinski definition) is 4. The van der Waals surface area contributed by atoms with Gasteiger partial charge in [0.05, 0.1) is 0 Å². The summed E-state index contributed by atoms with van der Waals surface area (Å²) in [5, 5.41) is 8.65. The van der Waals surface area contributed by atoms with E-state index in [-0.39, 0.29) is 0 Å². The molecule has 0 aliphatic carbocycles. The summed E-state index contributed by atoms with van der Waals surface area (Å²) in [6, 6.07) is 109. The standard InChI is InChI=1S/C84H50O4/c1-5-15-51(16-6-1)63-41-64(52-17-7-2-8-18-52)43-65(42-63)62-34-39-79-72(48-62)71-47-60(32-38-78(71)87-79)59-31-37-77-70(46-59)69-44-57(29-35-76(69)86-77)53-25-27-56(28-26-53)82-67(54-19-9-3-10-20-54)50-81-84(83(82)55-21-11-4-12-22-55)73-49-61(33-40-80(73)88-81)58-30-36-75-68(45-58)66-23-13-14-24-74(66)85-75/h1-50H. The van der Waals surface area contributed by atoms with Gasteiger partial charge in [0, 0.05) is 48.7 Å². The van der Waals surface area contributed by atoms with Gasteiger partial charge in [0.25, 0.3) is 0 Å². The van der Waals surface area contributed by atoms with Gasteiger partial charge in [0.2, 0.25) is 0 Å². The van der Waals surface area contributed by atoms with Gasteiger partial charge in [-0.15, -0.1) is 0 Å². The maximum atomic E-state index is 6.89. The molecule has 0 unspecified atom stereocenters. The van der Waals surface area contributed by atoms with Crippen LogP contribution in [0.25, 0.3) is 188 Å². The summed E-state index contributed by atoms with van der Waals surface area (Å²) >= 11 is 0. The first-order valence-corrected chi connectivity index (χ1v) is 29.9. The van der Waals surface area contributed by atoms with Crippen molar-refractivity contribution in [2.75, 3.05) is 0 Å². The van der Waals surface area contributed by atoms with Crippen molar-refractivity contribution in [3.63, 3.8) is 0 Å². The van der Waals surface area contributed by atoms with Crippen LogP contribution in [-0.4, -0.2) is 0 Å². The molecule has 88 heavy (non-hydrogen) atoms. The van der Waals surface area contributed by atoms with Gasteiger partial charge in [-0.25, -0.2) is 0 Å². The third-order valence-corrected chi connectivity index (χ3v) is 17.9. The average molecular weight is 1120 g/mol. The molecule has 4 heteroatoms. The molecule has 0 spiro atoms. The number of hydrogen-bond donors (Lipinski definition) is 0. The fourth-order valence-electron chi connectivity index (χ4n) is 13.6. The van der Waals surface area contributed by atoms with E-state index in [1.807, 2.05) is 12.1 Å². The summed E-state index contributed by atoms with van der Waals surface area (Å²) in [6.07, 6.45) is 0. The van der Waals surface area contributed by atoms with E-state index in [2.05, 4.69) is 291 Å². The van der Waals surface area contributed by atoms with Crippen LogP contribution >= 0.6 is 0 Å². The van der Waals surface area contributed by atoms with Crippen LogP contribution in [0.2, 0.25) is 0 Å².